The van der Waals surface area contributed by atoms with Gasteiger partial charge in [-0.1, -0.05) is 49.3 Å². The summed E-state index contributed by atoms with van der Waals surface area (Å²) in [6.45, 7) is 2.13. The van der Waals surface area contributed by atoms with Crippen LogP contribution in [0, 0.1) is 11.8 Å². The van der Waals surface area contributed by atoms with Gasteiger partial charge >= 0.3 is 0 Å². The van der Waals surface area contributed by atoms with Crippen LogP contribution in [0.2, 0.25) is 0 Å². The molecule has 0 aromatic heterocycles. The SMILES string of the molecule is CC/C=C\C/C=C\C/C=C\CC#CCCCCC(=O)[O-]. The van der Waals surface area contributed by atoms with E-state index in [9.17, 15) is 9.90 Å². The minimum Gasteiger partial charge on any atom is -0.550 e. The lowest BCUT2D eigenvalue weighted by atomic mass is 10.2. The molecule has 0 saturated carbocycles. The van der Waals surface area contributed by atoms with Gasteiger partial charge in [0.1, 0.15) is 0 Å². The Balaban J connectivity index is 3.43. The van der Waals surface area contributed by atoms with Crippen molar-refractivity contribution in [1.29, 1.82) is 0 Å². The van der Waals surface area contributed by atoms with Crippen molar-refractivity contribution in [3.05, 3.63) is 36.5 Å². The Morgan fingerprint density at radius 3 is 2.25 bits per heavy atom. The molecule has 0 heterocycles. The standard InChI is InChI=1S/C18H26O2/c1-2-3-4-5-6-7-8-9-10-11-12-13-14-15-16-17-18(19)20/h3-4,6-7,9-10H,2,5,8,11,14-17H2,1H3,(H,19,20)/p-1/b4-3-,7-6-,10-9-. The van der Waals surface area contributed by atoms with Crippen molar-refractivity contribution in [1.82, 2.24) is 0 Å². The van der Waals surface area contributed by atoms with Crippen LogP contribution in [0.25, 0.3) is 0 Å². The number of hydrogen-bond acceptors (Lipinski definition) is 2. The maximum atomic E-state index is 10.2. The predicted molar refractivity (Wildman–Crippen MR) is 82.8 cm³/mol. The molecule has 0 aliphatic heterocycles. The number of allylic oxidation sites excluding steroid dienone is 6. The fourth-order valence-electron chi connectivity index (χ4n) is 1.49. The third-order valence-electron chi connectivity index (χ3n) is 2.56. The molecule has 0 fully saturated rings. The maximum absolute atomic E-state index is 10.2. The topological polar surface area (TPSA) is 40.1 Å². The van der Waals surface area contributed by atoms with Gasteiger partial charge < -0.3 is 9.90 Å². The quantitative estimate of drug-likeness (QED) is 0.347. The summed E-state index contributed by atoms with van der Waals surface area (Å²) in [5, 5.41) is 10.2. The maximum Gasteiger partial charge on any atom is 0.0414 e. The van der Waals surface area contributed by atoms with E-state index < -0.39 is 5.97 Å². The van der Waals surface area contributed by atoms with Gasteiger partial charge in [0.25, 0.3) is 0 Å². The first kappa shape index (κ1) is 18.2. The molecule has 0 radical (unpaired) electrons. The van der Waals surface area contributed by atoms with E-state index in [1.165, 1.54) is 0 Å². The first-order chi connectivity index (χ1) is 9.77. The molecule has 0 saturated heterocycles. The van der Waals surface area contributed by atoms with Gasteiger partial charge in [0.2, 0.25) is 0 Å². The molecule has 2 heteroatoms. The summed E-state index contributed by atoms with van der Waals surface area (Å²) in [6.07, 6.45) is 19.1. The predicted octanol–water partition coefficient (Wildman–Crippen LogP) is 3.55. The van der Waals surface area contributed by atoms with Gasteiger partial charge in [0, 0.05) is 18.8 Å². The Morgan fingerprint density at radius 2 is 1.60 bits per heavy atom. The molecule has 20 heavy (non-hydrogen) atoms. The van der Waals surface area contributed by atoms with Crippen LogP contribution in [0.5, 0.6) is 0 Å². The molecule has 0 N–H and O–H groups in total. The minimum absolute atomic E-state index is 0.140. The Morgan fingerprint density at radius 1 is 0.950 bits per heavy atom. The van der Waals surface area contributed by atoms with Gasteiger partial charge in [-0.05, 0) is 38.5 Å². The van der Waals surface area contributed by atoms with Crippen LogP contribution < -0.4 is 5.11 Å². The van der Waals surface area contributed by atoms with Crippen molar-refractivity contribution in [2.45, 2.75) is 58.3 Å². The third kappa shape index (κ3) is 16.2. The summed E-state index contributed by atoms with van der Waals surface area (Å²) in [5.41, 5.74) is 0. The normalized spacial score (nSPS) is 11.2. The van der Waals surface area contributed by atoms with E-state index in [1.54, 1.807) is 0 Å². The molecule has 0 aromatic rings. The highest BCUT2D eigenvalue weighted by atomic mass is 16.4. The summed E-state index contributed by atoms with van der Waals surface area (Å²) in [6, 6.07) is 0. The summed E-state index contributed by atoms with van der Waals surface area (Å²) >= 11 is 0. The van der Waals surface area contributed by atoms with Crippen molar-refractivity contribution in [2.24, 2.45) is 0 Å². The number of carbonyl (C=O) groups excluding carboxylic acids is 1. The van der Waals surface area contributed by atoms with E-state index in [1.807, 2.05) is 0 Å². The van der Waals surface area contributed by atoms with Crippen LogP contribution in [0.3, 0.4) is 0 Å². The summed E-state index contributed by atoms with van der Waals surface area (Å²) < 4.78 is 0. The fraction of sp³-hybridized carbons (Fsp3) is 0.500. The van der Waals surface area contributed by atoms with Gasteiger partial charge in [0.15, 0.2) is 0 Å². The third-order valence-corrected chi connectivity index (χ3v) is 2.56. The summed E-state index contributed by atoms with van der Waals surface area (Å²) in [4.78, 5) is 10.2. The van der Waals surface area contributed by atoms with E-state index in [0.29, 0.717) is 6.42 Å². The smallest absolute Gasteiger partial charge is 0.0414 e. The number of carbonyl (C=O) groups is 1. The zero-order valence-electron chi connectivity index (χ0n) is 12.4. The molecule has 110 valence electrons. The Kier molecular flexibility index (Phi) is 14.0. The van der Waals surface area contributed by atoms with Crippen LogP contribution in [0.15, 0.2) is 36.5 Å². The molecule has 0 atom stereocenters. The van der Waals surface area contributed by atoms with E-state index in [0.717, 1.165) is 38.5 Å². The molecule has 0 amide bonds. The second-order valence-electron chi connectivity index (χ2n) is 4.43. The number of carboxylic acids is 1. The van der Waals surface area contributed by atoms with E-state index in [-0.39, 0.29) is 6.42 Å². The van der Waals surface area contributed by atoms with Gasteiger partial charge in [-0.25, -0.2) is 0 Å². The number of unbranched alkanes of at least 4 members (excludes halogenated alkanes) is 2. The Labute approximate surface area is 123 Å². The van der Waals surface area contributed by atoms with Crippen LogP contribution in [-0.2, 0) is 4.79 Å². The lowest BCUT2D eigenvalue weighted by Gasteiger charge is -1.97. The van der Waals surface area contributed by atoms with Crippen molar-refractivity contribution in [3.63, 3.8) is 0 Å². The van der Waals surface area contributed by atoms with Crippen LogP contribution in [-0.4, -0.2) is 5.97 Å². The molecule has 0 aliphatic carbocycles. The van der Waals surface area contributed by atoms with E-state index in [4.69, 9.17) is 0 Å². The fourth-order valence-corrected chi connectivity index (χ4v) is 1.49. The van der Waals surface area contributed by atoms with Gasteiger partial charge in [-0.2, -0.15) is 0 Å². The Bertz CT molecular complexity index is 378. The second kappa shape index (κ2) is 15.3. The molecule has 2 nitrogen and oxygen atoms in total. The Hall–Kier alpha value is -1.75. The zero-order chi connectivity index (χ0) is 14.9. The number of hydrogen-bond donors (Lipinski definition) is 0. The monoisotopic (exact) mass is 273 g/mol. The average Bonchev–Trinajstić information content (AvgIpc) is 2.43. The molecular formula is C18H25O2-. The zero-order valence-corrected chi connectivity index (χ0v) is 12.4. The van der Waals surface area contributed by atoms with E-state index >= 15 is 0 Å². The lowest BCUT2D eigenvalue weighted by Crippen LogP contribution is -2.21. The largest absolute Gasteiger partial charge is 0.550 e. The number of rotatable bonds is 10. The van der Waals surface area contributed by atoms with Gasteiger partial charge in [-0.15, -0.1) is 5.92 Å². The highest BCUT2D eigenvalue weighted by Crippen LogP contribution is 1.97. The molecule has 0 rings (SSSR count). The first-order valence-corrected chi connectivity index (χ1v) is 7.38. The first-order valence-electron chi connectivity index (χ1n) is 7.38. The molecule has 0 aromatic carbocycles. The second-order valence-corrected chi connectivity index (χ2v) is 4.43. The number of carboxylic acid groups (broad SMARTS) is 1. The molecule has 0 unspecified atom stereocenters. The van der Waals surface area contributed by atoms with Crippen LogP contribution in [0.4, 0.5) is 0 Å². The molecule has 0 spiro atoms. The van der Waals surface area contributed by atoms with Crippen LogP contribution in [0.1, 0.15) is 58.3 Å². The summed E-state index contributed by atoms with van der Waals surface area (Å²) in [5.74, 6) is 5.13. The molecule has 0 bridgehead atoms. The van der Waals surface area contributed by atoms with Gasteiger partial charge in [0.05, 0.1) is 0 Å². The van der Waals surface area contributed by atoms with Crippen molar-refractivity contribution in [2.75, 3.05) is 0 Å². The summed E-state index contributed by atoms with van der Waals surface area (Å²) in [7, 11) is 0. The van der Waals surface area contributed by atoms with Gasteiger partial charge in [-0.3, -0.25) is 0 Å². The van der Waals surface area contributed by atoms with Crippen molar-refractivity contribution in [3.8, 4) is 11.8 Å². The van der Waals surface area contributed by atoms with E-state index in [2.05, 4.69) is 55.2 Å². The van der Waals surface area contributed by atoms with Crippen molar-refractivity contribution < 1.29 is 9.90 Å². The molecule has 0 aliphatic rings. The van der Waals surface area contributed by atoms with Crippen molar-refractivity contribution >= 4 is 5.97 Å². The minimum atomic E-state index is -0.973. The number of aliphatic carboxylic acids is 1. The average molecular weight is 273 g/mol. The molecular weight excluding hydrogens is 248 g/mol. The lowest BCUT2D eigenvalue weighted by molar-refractivity contribution is -0.305. The highest BCUT2D eigenvalue weighted by Gasteiger charge is 1.86. The highest BCUT2D eigenvalue weighted by molar-refractivity contribution is 5.64. The van der Waals surface area contributed by atoms with Crippen LogP contribution >= 0.6 is 0 Å².